The van der Waals surface area contributed by atoms with Crippen molar-refractivity contribution in [2.24, 2.45) is 9.98 Å². The van der Waals surface area contributed by atoms with Gasteiger partial charge in [0, 0.05) is 29.2 Å². The third-order valence-corrected chi connectivity index (χ3v) is 7.73. The highest BCUT2D eigenvalue weighted by Gasteiger charge is 2.20. The van der Waals surface area contributed by atoms with Gasteiger partial charge in [-0.05, 0) is 103 Å². The van der Waals surface area contributed by atoms with Crippen molar-refractivity contribution >= 4 is 28.9 Å². The van der Waals surface area contributed by atoms with Crippen LogP contribution in [0.5, 0.6) is 0 Å². The van der Waals surface area contributed by atoms with Crippen LogP contribution in [0.1, 0.15) is 98.0 Å². The predicted octanol–water partition coefficient (Wildman–Crippen LogP) is 6.86. The van der Waals surface area contributed by atoms with Gasteiger partial charge in [-0.25, -0.2) is 0 Å². The second-order valence-corrected chi connectivity index (χ2v) is 12.0. The molecule has 8 heteroatoms. The molecular weight excluding hydrogens is 560 g/mol. The summed E-state index contributed by atoms with van der Waals surface area (Å²) in [5, 5.41) is 19.3. The maximum Gasteiger partial charge on any atom is 0.253 e. The molecule has 2 rings (SSSR count). The zero-order valence-electron chi connectivity index (χ0n) is 27.1. The number of hydrogen-bond donors (Lipinski definition) is 2. The van der Waals surface area contributed by atoms with E-state index in [9.17, 15) is 15.0 Å². The Labute approximate surface area is 265 Å². The van der Waals surface area contributed by atoms with Gasteiger partial charge in [0.1, 0.15) is 0 Å². The number of aliphatic hydroxyl groups is 2. The van der Waals surface area contributed by atoms with E-state index < -0.39 is 6.29 Å². The number of carbonyl (C=O) groups is 1. The first kappa shape index (κ1) is 36.9. The van der Waals surface area contributed by atoms with Crippen LogP contribution < -0.4 is 0 Å². The molecule has 2 unspecified atom stereocenters. The van der Waals surface area contributed by atoms with Crippen LogP contribution >= 0.6 is 11.6 Å². The molecule has 0 aliphatic carbocycles. The van der Waals surface area contributed by atoms with Crippen LogP contribution in [0.3, 0.4) is 0 Å². The summed E-state index contributed by atoms with van der Waals surface area (Å²) in [5.41, 5.74) is 3.24. The third kappa shape index (κ3) is 13.9. The Bertz CT molecular complexity index is 1080. The van der Waals surface area contributed by atoms with Gasteiger partial charge in [0.05, 0.1) is 23.5 Å². The summed E-state index contributed by atoms with van der Waals surface area (Å²) >= 11 is 6.18. The summed E-state index contributed by atoms with van der Waals surface area (Å²) in [7, 11) is 0. The number of unbranched alkanes of at least 4 members (excludes halogenated alkanes) is 2. The van der Waals surface area contributed by atoms with Gasteiger partial charge < -0.3 is 20.0 Å². The lowest BCUT2D eigenvalue weighted by Gasteiger charge is -2.26. The van der Waals surface area contributed by atoms with Crippen LogP contribution in [-0.4, -0.2) is 88.4 Å². The van der Waals surface area contributed by atoms with Crippen molar-refractivity contribution in [3.05, 3.63) is 58.7 Å². The molecule has 2 atom stereocenters. The Morgan fingerprint density at radius 3 is 2.21 bits per heavy atom. The molecule has 0 spiro atoms. The molecule has 0 radical (unpaired) electrons. The van der Waals surface area contributed by atoms with Crippen molar-refractivity contribution in [3.8, 4) is 0 Å². The van der Waals surface area contributed by atoms with Crippen LogP contribution in [0.4, 0.5) is 0 Å². The van der Waals surface area contributed by atoms with Crippen LogP contribution in [0, 0.1) is 0 Å². The smallest absolute Gasteiger partial charge is 0.253 e. The van der Waals surface area contributed by atoms with E-state index in [0.717, 1.165) is 75.4 Å². The molecule has 1 aliphatic heterocycles. The summed E-state index contributed by atoms with van der Waals surface area (Å²) in [4.78, 5) is 28.6. The Kier molecular flexibility index (Phi) is 17.7. The molecule has 7 nitrogen and oxygen atoms in total. The average molecular weight is 615 g/mol. The van der Waals surface area contributed by atoms with E-state index in [0.29, 0.717) is 29.9 Å². The minimum absolute atomic E-state index is 0.0453. The number of hydrogen-bond acceptors (Lipinski definition) is 6. The molecule has 1 heterocycles. The molecule has 2 N–H and O–H groups in total. The maximum absolute atomic E-state index is 13.9. The zero-order chi connectivity index (χ0) is 31.6. The monoisotopic (exact) mass is 614 g/mol. The quantitative estimate of drug-likeness (QED) is 0.140. The van der Waals surface area contributed by atoms with Gasteiger partial charge in [-0.2, -0.15) is 0 Å². The number of rotatable bonds is 18. The molecule has 1 aromatic rings. The van der Waals surface area contributed by atoms with Gasteiger partial charge in [0.2, 0.25) is 0 Å². The topological polar surface area (TPSA) is 88.7 Å². The predicted molar refractivity (Wildman–Crippen MR) is 181 cm³/mol. The first-order chi connectivity index (χ1) is 20.7. The number of aliphatic hydroxyl groups excluding tert-OH is 1. The normalized spacial score (nSPS) is 17.6. The van der Waals surface area contributed by atoms with E-state index >= 15 is 0 Å². The summed E-state index contributed by atoms with van der Waals surface area (Å²) in [6, 6.07) is 7.20. The van der Waals surface area contributed by atoms with Crippen molar-refractivity contribution in [1.82, 2.24) is 9.80 Å². The van der Waals surface area contributed by atoms with Crippen molar-refractivity contribution in [1.29, 1.82) is 0 Å². The van der Waals surface area contributed by atoms with E-state index in [1.54, 1.807) is 0 Å². The SMILES string of the molecule is CCCCN(CCC)CCCN(CCC)C(=O)C1=CC(C)N=C(CCCCC(O)O)C(c2ccc(Cl)cc2)=NC(C)C=C1. The molecule has 1 aliphatic rings. The second-order valence-electron chi connectivity index (χ2n) is 11.6. The highest BCUT2D eigenvalue weighted by molar-refractivity contribution is 6.48. The number of nitrogens with zero attached hydrogens (tertiary/aromatic N) is 4. The number of amides is 1. The molecule has 1 aromatic carbocycles. The van der Waals surface area contributed by atoms with Crippen LogP contribution in [0.15, 0.2) is 58.1 Å². The minimum Gasteiger partial charge on any atom is -0.368 e. The average Bonchev–Trinajstić information content (AvgIpc) is 2.97. The van der Waals surface area contributed by atoms with E-state index in [4.69, 9.17) is 21.6 Å². The molecule has 0 fully saturated rings. The maximum atomic E-state index is 13.9. The van der Waals surface area contributed by atoms with E-state index in [2.05, 4.69) is 25.7 Å². The van der Waals surface area contributed by atoms with E-state index in [1.807, 2.05) is 61.2 Å². The van der Waals surface area contributed by atoms with Crippen molar-refractivity contribution in [3.63, 3.8) is 0 Å². The number of benzene rings is 1. The number of carbonyl (C=O) groups excluding carboxylic acids is 1. The van der Waals surface area contributed by atoms with Gasteiger partial charge in [-0.1, -0.05) is 63.1 Å². The highest BCUT2D eigenvalue weighted by atomic mass is 35.5. The van der Waals surface area contributed by atoms with Crippen molar-refractivity contribution < 1.29 is 15.0 Å². The van der Waals surface area contributed by atoms with E-state index in [1.165, 1.54) is 12.8 Å². The minimum atomic E-state index is -1.31. The Morgan fingerprint density at radius 1 is 0.860 bits per heavy atom. The second kappa shape index (κ2) is 20.6. The molecule has 0 bridgehead atoms. The fourth-order valence-corrected chi connectivity index (χ4v) is 5.43. The third-order valence-electron chi connectivity index (χ3n) is 7.48. The highest BCUT2D eigenvalue weighted by Crippen LogP contribution is 2.19. The van der Waals surface area contributed by atoms with Crippen molar-refractivity contribution in [2.75, 3.05) is 32.7 Å². The summed E-state index contributed by atoms with van der Waals surface area (Å²) in [6.45, 7) is 15.3. The first-order valence-corrected chi connectivity index (χ1v) is 16.7. The first-order valence-electron chi connectivity index (χ1n) is 16.4. The van der Waals surface area contributed by atoms with Crippen LogP contribution in [-0.2, 0) is 4.79 Å². The summed E-state index contributed by atoms with van der Waals surface area (Å²) in [6.07, 6.45) is 12.3. The summed E-state index contributed by atoms with van der Waals surface area (Å²) in [5.74, 6) is 0.0453. The molecule has 0 aromatic heterocycles. The molecule has 1 amide bonds. The zero-order valence-corrected chi connectivity index (χ0v) is 27.9. The summed E-state index contributed by atoms with van der Waals surface area (Å²) < 4.78 is 0. The fraction of sp³-hybridized carbons (Fsp3) is 0.629. The van der Waals surface area contributed by atoms with Gasteiger partial charge in [0.15, 0.2) is 6.29 Å². The number of aliphatic imine (C=N–C) groups is 2. The molecule has 43 heavy (non-hydrogen) atoms. The standard InChI is InChI=1S/C35H55ClN4O3/c1-6-9-23-39(21-7-2)24-12-25-40(22-8-3)35(43)30-16-15-27(4)38-34(29-17-19-31(36)20-18-29)32(37-28(5)26-30)13-10-11-14-33(41)42/h15-20,26-28,33,41-42H,6-14,21-25H2,1-5H3. The van der Waals surface area contributed by atoms with Gasteiger partial charge in [-0.3, -0.25) is 14.8 Å². The van der Waals surface area contributed by atoms with Crippen molar-refractivity contribution in [2.45, 2.75) is 111 Å². The molecule has 0 saturated carbocycles. The fourth-order valence-electron chi connectivity index (χ4n) is 5.30. The lowest BCUT2D eigenvalue weighted by molar-refractivity contribution is -0.127. The van der Waals surface area contributed by atoms with Crippen LogP contribution in [0.2, 0.25) is 5.02 Å². The van der Waals surface area contributed by atoms with Gasteiger partial charge >= 0.3 is 0 Å². The van der Waals surface area contributed by atoms with Gasteiger partial charge in [-0.15, -0.1) is 0 Å². The Morgan fingerprint density at radius 2 is 1.56 bits per heavy atom. The largest absolute Gasteiger partial charge is 0.368 e. The van der Waals surface area contributed by atoms with E-state index in [-0.39, 0.29) is 18.0 Å². The molecular formula is C35H55ClN4O3. The Hall–Kier alpha value is -2.32. The molecule has 0 saturated heterocycles. The van der Waals surface area contributed by atoms with Gasteiger partial charge in [0.25, 0.3) is 5.91 Å². The lowest BCUT2D eigenvalue weighted by Crippen LogP contribution is -2.36. The molecule has 240 valence electrons. The number of halogens is 1. The van der Waals surface area contributed by atoms with Crippen LogP contribution in [0.25, 0.3) is 0 Å². The lowest BCUT2D eigenvalue weighted by atomic mass is 9.99. The Balaban J connectivity index is 2.32.